The number of aromatic nitrogens is 2. The van der Waals surface area contributed by atoms with E-state index in [-0.39, 0.29) is 0 Å². The van der Waals surface area contributed by atoms with E-state index in [1.54, 1.807) is 0 Å². The number of fused-ring (bicyclic) bond motifs is 1. The fourth-order valence-electron chi connectivity index (χ4n) is 1.70. The van der Waals surface area contributed by atoms with Crippen molar-refractivity contribution in [1.82, 2.24) is 9.97 Å². The molecule has 0 saturated carbocycles. The molecule has 2 aromatic heterocycles. The molecule has 2 heteroatoms. The van der Waals surface area contributed by atoms with Crippen LogP contribution in [0.15, 0.2) is 54.7 Å². The molecule has 0 spiro atoms. The van der Waals surface area contributed by atoms with Crippen LogP contribution in [0.4, 0.5) is 0 Å². The molecule has 1 N–H and O–H groups in total. The molecule has 2 nitrogen and oxygen atoms in total. The molecule has 0 bridgehead atoms. The normalized spacial score (nSPS) is 10.7. The highest BCUT2D eigenvalue weighted by molar-refractivity contribution is 5.78. The van der Waals surface area contributed by atoms with Crippen LogP contribution >= 0.6 is 0 Å². The minimum Gasteiger partial charge on any atom is -0.346 e. The Kier molecular flexibility index (Phi) is 1.78. The Labute approximate surface area is 87.6 Å². The van der Waals surface area contributed by atoms with Gasteiger partial charge in [0, 0.05) is 17.1 Å². The van der Waals surface area contributed by atoms with Crippen molar-refractivity contribution in [2.45, 2.75) is 0 Å². The summed E-state index contributed by atoms with van der Waals surface area (Å²) in [5.41, 5.74) is 3.09. The first-order chi connectivity index (χ1) is 7.43. The number of nitrogens with one attached hydrogen (secondary N) is 1. The summed E-state index contributed by atoms with van der Waals surface area (Å²) >= 11 is 0. The zero-order valence-electron chi connectivity index (χ0n) is 8.14. The highest BCUT2D eigenvalue weighted by Gasteiger charge is 2.00. The number of benzene rings is 1. The number of hydrogen-bond acceptors (Lipinski definition) is 1. The van der Waals surface area contributed by atoms with Crippen molar-refractivity contribution in [2.75, 3.05) is 0 Å². The molecule has 0 amide bonds. The predicted molar refractivity (Wildman–Crippen MR) is 61.5 cm³/mol. The Morgan fingerprint density at radius 1 is 0.867 bits per heavy atom. The number of aromatic amines is 1. The highest BCUT2D eigenvalue weighted by atomic mass is 14.8. The molecule has 0 aliphatic rings. The van der Waals surface area contributed by atoms with Crippen LogP contribution in [-0.4, -0.2) is 9.97 Å². The quantitative estimate of drug-likeness (QED) is 0.633. The van der Waals surface area contributed by atoms with Gasteiger partial charge in [-0.2, -0.15) is 0 Å². The SMILES string of the molecule is c1ccc(-c2ccc3cc[nH]c3n2)cc1. The third-order valence-electron chi connectivity index (χ3n) is 2.48. The van der Waals surface area contributed by atoms with Crippen molar-refractivity contribution in [3.8, 4) is 11.3 Å². The molecule has 3 rings (SSSR count). The molecule has 72 valence electrons. The van der Waals surface area contributed by atoms with Crippen LogP contribution in [0, 0.1) is 0 Å². The first-order valence-corrected chi connectivity index (χ1v) is 4.93. The Bertz CT molecular complexity index is 582. The lowest BCUT2D eigenvalue weighted by Crippen LogP contribution is -1.83. The van der Waals surface area contributed by atoms with Crippen molar-refractivity contribution in [1.29, 1.82) is 0 Å². The summed E-state index contributed by atoms with van der Waals surface area (Å²) in [6, 6.07) is 16.3. The molecule has 1 aromatic carbocycles. The molecule has 0 aliphatic heterocycles. The first kappa shape index (κ1) is 8.24. The van der Waals surface area contributed by atoms with E-state index >= 15 is 0 Å². The maximum atomic E-state index is 4.55. The Hall–Kier alpha value is -2.09. The molecular formula is C13H10N2. The van der Waals surface area contributed by atoms with Crippen LogP contribution in [0.25, 0.3) is 22.3 Å². The molecule has 0 fully saturated rings. The van der Waals surface area contributed by atoms with Crippen molar-refractivity contribution < 1.29 is 0 Å². The van der Waals surface area contributed by atoms with E-state index < -0.39 is 0 Å². The molecular weight excluding hydrogens is 184 g/mol. The van der Waals surface area contributed by atoms with Gasteiger partial charge >= 0.3 is 0 Å². The summed E-state index contributed by atoms with van der Waals surface area (Å²) in [7, 11) is 0. The number of hydrogen-bond donors (Lipinski definition) is 1. The summed E-state index contributed by atoms with van der Waals surface area (Å²) in [4.78, 5) is 7.67. The predicted octanol–water partition coefficient (Wildman–Crippen LogP) is 3.23. The fraction of sp³-hybridized carbons (Fsp3) is 0. The number of rotatable bonds is 1. The Balaban J connectivity index is 2.19. The number of pyridine rings is 1. The summed E-state index contributed by atoms with van der Waals surface area (Å²) < 4.78 is 0. The molecule has 0 unspecified atom stereocenters. The van der Waals surface area contributed by atoms with Gasteiger partial charge in [0.1, 0.15) is 5.65 Å². The van der Waals surface area contributed by atoms with E-state index in [0.29, 0.717) is 0 Å². The number of H-pyrrole nitrogens is 1. The monoisotopic (exact) mass is 194 g/mol. The fourth-order valence-corrected chi connectivity index (χ4v) is 1.70. The van der Waals surface area contributed by atoms with E-state index in [1.807, 2.05) is 36.5 Å². The maximum absolute atomic E-state index is 4.55. The second-order valence-electron chi connectivity index (χ2n) is 3.48. The van der Waals surface area contributed by atoms with Gasteiger partial charge in [-0.15, -0.1) is 0 Å². The van der Waals surface area contributed by atoms with Gasteiger partial charge in [-0.05, 0) is 18.2 Å². The van der Waals surface area contributed by atoms with Gasteiger partial charge in [-0.25, -0.2) is 4.98 Å². The first-order valence-electron chi connectivity index (χ1n) is 4.93. The summed E-state index contributed by atoms with van der Waals surface area (Å²) in [6.07, 6.45) is 1.91. The summed E-state index contributed by atoms with van der Waals surface area (Å²) in [5, 5.41) is 1.15. The lowest BCUT2D eigenvalue weighted by atomic mass is 10.1. The van der Waals surface area contributed by atoms with Gasteiger partial charge in [0.15, 0.2) is 0 Å². The lowest BCUT2D eigenvalue weighted by molar-refractivity contribution is 1.32. The average molecular weight is 194 g/mol. The van der Waals surface area contributed by atoms with E-state index in [4.69, 9.17) is 0 Å². The molecule has 0 atom stereocenters. The highest BCUT2D eigenvalue weighted by Crippen LogP contribution is 2.19. The van der Waals surface area contributed by atoms with Crippen molar-refractivity contribution in [3.63, 3.8) is 0 Å². The zero-order valence-corrected chi connectivity index (χ0v) is 8.14. The van der Waals surface area contributed by atoms with Crippen LogP contribution in [-0.2, 0) is 0 Å². The second kappa shape index (κ2) is 3.24. The second-order valence-corrected chi connectivity index (χ2v) is 3.48. The number of nitrogens with zero attached hydrogens (tertiary/aromatic N) is 1. The molecule has 3 aromatic rings. The Morgan fingerprint density at radius 2 is 1.73 bits per heavy atom. The largest absolute Gasteiger partial charge is 0.346 e. The molecule has 15 heavy (non-hydrogen) atoms. The van der Waals surface area contributed by atoms with Crippen molar-refractivity contribution >= 4 is 11.0 Å². The van der Waals surface area contributed by atoms with E-state index in [1.165, 1.54) is 0 Å². The smallest absolute Gasteiger partial charge is 0.137 e. The molecule has 0 aliphatic carbocycles. The Morgan fingerprint density at radius 3 is 2.60 bits per heavy atom. The van der Waals surface area contributed by atoms with Gasteiger partial charge in [-0.1, -0.05) is 30.3 Å². The van der Waals surface area contributed by atoms with Crippen LogP contribution < -0.4 is 0 Å². The van der Waals surface area contributed by atoms with Crippen LogP contribution in [0.3, 0.4) is 0 Å². The van der Waals surface area contributed by atoms with Crippen LogP contribution in [0.2, 0.25) is 0 Å². The third-order valence-corrected chi connectivity index (χ3v) is 2.48. The summed E-state index contributed by atoms with van der Waals surface area (Å²) in [6.45, 7) is 0. The van der Waals surface area contributed by atoms with Gasteiger partial charge in [0.2, 0.25) is 0 Å². The van der Waals surface area contributed by atoms with Gasteiger partial charge in [0.05, 0.1) is 5.69 Å². The van der Waals surface area contributed by atoms with Gasteiger partial charge < -0.3 is 4.98 Å². The minimum absolute atomic E-state index is 0.941. The topological polar surface area (TPSA) is 28.7 Å². The van der Waals surface area contributed by atoms with Crippen LogP contribution in [0.5, 0.6) is 0 Å². The summed E-state index contributed by atoms with van der Waals surface area (Å²) in [5.74, 6) is 0. The van der Waals surface area contributed by atoms with E-state index in [9.17, 15) is 0 Å². The van der Waals surface area contributed by atoms with Crippen molar-refractivity contribution in [3.05, 3.63) is 54.7 Å². The van der Waals surface area contributed by atoms with Gasteiger partial charge in [-0.3, -0.25) is 0 Å². The van der Waals surface area contributed by atoms with E-state index in [0.717, 1.165) is 22.3 Å². The van der Waals surface area contributed by atoms with Gasteiger partial charge in [0.25, 0.3) is 0 Å². The van der Waals surface area contributed by atoms with Crippen molar-refractivity contribution in [2.24, 2.45) is 0 Å². The minimum atomic E-state index is 0.941. The standard InChI is InChI=1S/C13H10N2/c1-2-4-10(5-3-1)12-7-6-11-8-9-14-13(11)15-12/h1-9H,(H,14,15). The van der Waals surface area contributed by atoms with Crippen LogP contribution in [0.1, 0.15) is 0 Å². The molecule has 0 radical (unpaired) electrons. The lowest BCUT2D eigenvalue weighted by Gasteiger charge is -1.99. The van der Waals surface area contributed by atoms with E-state index in [2.05, 4.69) is 28.2 Å². The zero-order chi connectivity index (χ0) is 10.1. The average Bonchev–Trinajstić information content (AvgIpc) is 2.77. The third kappa shape index (κ3) is 1.40. The molecule has 2 heterocycles. The molecule has 0 saturated heterocycles. The maximum Gasteiger partial charge on any atom is 0.137 e.